The highest BCUT2D eigenvalue weighted by Gasteiger charge is 2.19. The third-order valence-corrected chi connectivity index (χ3v) is 4.63. The Balaban J connectivity index is 2.88. The Morgan fingerprint density at radius 1 is 0.750 bits per heavy atom. The highest BCUT2D eigenvalue weighted by atomic mass is 16.4. The van der Waals surface area contributed by atoms with E-state index in [0.29, 0.717) is 52.4 Å². The molecule has 1 heterocycles. The Labute approximate surface area is 164 Å². The van der Waals surface area contributed by atoms with Crippen molar-refractivity contribution in [3.8, 4) is 0 Å². The molecule has 0 unspecified atom stereocenters. The second-order valence-corrected chi connectivity index (χ2v) is 6.76. The number of rotatable bonds is 8. The molecule has 1 aliphatic heterocycles. The van der Waals surface area contributed by atoms with Crippen LogP contribution in [0, 0.1) is 0 Å². The maximum absolute atomic E-state index is 11.8. The second-order valence-electron chi connectivity index (χ2n) is 6.76. The average molecular weight is 401 g/mol. The molecule has 160 valence electrons. The van der Waals surface area contributed by atoms with Gasteiger partial charge in [-0.1, -0.05) is 0 Å². The van der Waals surface area contributed by atoms with Crippen LogP contribution in [-0.2, 0) is 19.2 Å². The van der Waals surface area contributed by atoms with Crippen LogP contribution in [0.25, 0.3) is 0 Å². The van der Waals surface area contributed by atoms with E-state index >= 15 is 0 Å². The maximum atomic E-state index is 11.8. The van der Waals surface area contributed by atoms with Crippen molar-refractivity contribution in [1.82, 2.24) is 24.9 Å². The quantitative estimate of drug-likeness (QED) is 0.370. The Morgan fingerprint density at radius 2 is 1.11 bits per heavy atom. The second kappa shape index (κ2) is 13.2. The molecule has 0 aromatic rings. The van der Waals surface area contributed by atoms with Gasteiger partial charge in [-0.05, 0) is 0 Å². The molecule has 1 fully saturated rings. The number of carboxylic acid groups (broad SMARTS) is 2. The van der Waals surface area contributed by atoms with Gasteiger partial charge < -0.3 is 20.3 Å². The van der Waals surface area contributed by atoms with E-state index in [9.17, 15) is 19.2 Å². The van der Waals surface area contributed by atoms with E-state index in [2.05, 4.69) is 5.32 Å². The van der Waals surface area contributed by atoms with Crippen LogP contribution in [-0.4, -0.2) is 140 Å². The fourth-order valence-corrected chi connectivity index (χ4v) is 3.01. The number of carbonyl (C=O) groups excluding carboxylic acids is 2. The van der Waals surface area contributed by atoms with Gasteiger partial charge in [0, 0.05) is 59.4 Å². The molecule has 0 aromatic heterocycles. The third kappa shape index (κ3) is 10.3. The molecule has 11 heteroatoms. The van der Waals surface area contributed by atoms with Gasteiger partial charge in [0.1, 0.15) is 6.29 Å². The Hall–Kier alpha value is -2.08. The molecule has 28 heavy (non-hydrogen) atoms. The first-order valence-electron chi connectivity index (χ1n) is 9.31. The maximum Gasteiger partial charge on any atom is 0.317 e. The number of hydrogen-bond acceptors (Lipinski definition) is 8. The van der Waals surface area contributed by atoms with Crippen LogP contribution in [0.1, 0.15) is 0 Å². The average Bonchev–Trinajstić information content (AvgIpc) is 2.62. The zero-order valence-corrected chi connectivity index (χ0v) is 16.4. The summed E-state index contributed by atoms with van der Waals surface area (Å²) in [6, 6.07) is 0. The smallest absolute Gasteiger partial charge is 0.317 e. The Kier molecular flexibility index (Phi) is 11.3. The van der Waals surface area contributed by atoms with Crippen molar-refractivity contribution < 1.29 is 29.4 Å². The molecule has 0 saturated carbocycles. The van der Waals surface area contributed by atoms with Crippen LogP contribution >= 0.6 is 0 Å². The van der Waals surface area contributed by atoms with Crippen molar-refractivity contribution in [2.24, 2.45) is 0 Å². The van der Waals surface area contributed by atoms with E-state index in [-0.39, 0.29) is 32.1 Å². The van der Waals surface area contributed by atoms with Crippen molar-refractivity contribution in [1.29, 1.82) is 0 Å². The van der Waals surface area contributed by atoms with E-state index in [1.807, 2.05) is 9.80 Å². The van der Waals surface area contributed by atoms with Gasteiger partial charge in [0.05, 0.1) is 26.2 Å². The van der Waals surface area contributed by atoms with Crippen molar-refractivity contribution in [2.45, 2.75) is 0 Å². The minimum atomic E-state index is -0.931. The van der Waals surface area contributed by atoms with Crippen LogP contribution in [0.3, 0.4) is 0 Å². The van der Waals surface area contributed by atoms with Crippen molar-refractivity contribution in [3.05, 3.63) is 0 Å². The number of nitrogens with one attached hydrogen (secondary N) is 1. The molecule has 3 N–H and O–H groups in total. The van der Waals surface area contributed by atoms with Gasteiger partial charge in [-0.25, -0.2) is 0 Å². The molecular formula is C17H31N5O6. The zero-order valence-electron chi connectivity index (χ0n) is 16.4. The van der Waals surface area contributed by atoms with E-state index in [1.54, 1.807) is 16.8 Å². The topological polar surface area (TPSA) is 134 Å². The molecule has 0 aromatic carbocycles. The van der Waals surface area contributed by atoms with Gasteiger partial charge in [0.2, 0.25) is 5.91 Å². The van der Waals surface area contributed by atoms with Crippen molar-refractivity contribution in [3.63, 3.8) is 0 Å². The van der Waals surface area contributed by atoms with E-state index in [0.717, 1.165) is 6.29 Å². The summed E-state index contributed by atoms with van der Waals surface area (Å²) in [5.41, 5.74) is 0. The highest BCUT2D eigenvalue weighted by molar-refractivity contribution is 5.77. The van der Waals surface area contributed by atoms with Gasteiger partial charge in [-0.15, -0.1) is 0 Å². The van der Waals surface area contributed by atoms with Gasteiger partial charge in [0.15, 0.2) is 0 Å². The summed E-state index contributed by atoms with van der Waals surface area (Å²) in [5.74, 6) is -2.02. The molecule has 0 bridgehead atoms. The molecule has 1 rings (SSSR count). The molecule has 1 aliphatic rings. The lowest BCUT2D eigenvalue weighted by molar-refractivity contribution is -0.139. The number of aliphatic carboxylic acids is 2. The Morgan fingerprint density at radius 3 is 1.43 bits per heavy atom. The molecule has 1 amide bonds. The summed E-state index contributed by atoms with van der Waals surface area (Å²) in [4.78, 5) is 52.4. The van der Waals surface area contributed by atoms with E-state index in [1.165, 1.54) is 0 Å². The summed E-state index contributed by atoms with van der Waals surface area (Å²) in [7, 11) is 1.55. The van der Waals surface area contributed by atoms with Crippen LogP contribution < -0.4 is 5.32 Å². The number of carboxylic acids is 2. The summed E-state index contributed by atoms with van der Waals surface area (Å²) >= 11 is 0. The SMILES string of the molecule is CNC(=O)CN1CCN(CC(=O)O)CCN(CC=O)CCN(CC(=O)O)CC1. The van der Waals surface area contributed by atoms with Crippen LogP contribution in [0.5, 0.6) is 0 Å². The number of likely N-dealkylation sites (N-methyl/N-ethyl adjacent to an activating group) is 1. The first-order chi connectivity index (χ1) is 13.3. The minimum Gasteiger partial charge on any atom is -0.480 e. The summed E-state index contributed by atoms with van der Waals surface area (Å²) in [6.45, 7) is 3.95. The van der Waals surface area contributed by atoms with Gasteiger partial charge in [-0.2, -0.15) is 0 Å². The lowest BCUT2D eigenvalue weighted by atomic mass is 10.3. The largest absolute Gasteiger partial charge is 0.480 e. The molecule has 0 radical (unpaired) electrons. The molecule has 0 atom stereocenters. The number of hydrogen-bond donors (Lipinski definition) is 3. The highest BCUT2D eigenvalue weighted by Crippen LogP contribution is 2.01. The van der Waals surface area contributed by atoms with E-state index in [4.69, 9.17) is 10.2 Å². The lowest BCUT2D eigenvalue weighted by Crippen LogP contribution is -2.49. The summed E-state index contributed by atoms with van der Waals surface area (Å²) in [6.07, 6.45) is 0.792. The monoisotopic (exact) mass is 401 g/mol. The lowest BCUT2D eigenvalue weighted by Gasteiger charge is -2.32. The predicted octanol–water partition coefficient (Wildman–Crippen LogP) is -2.68. The number of carbonyl (C=O) groups is 4. The van der Waals surface area contributed by atoms with Crippen LogP contribution in [0.2, 0.25) is 0 Å². The van der Waals surface area contributed by atoms with Crippen LogP contribution in [0.4, 0.5) is 0 Å². The number of aldehydes is 1. The zero-order chi connectivity index (χ0) is 20.9. The standard InChI is InChI=1S/C17H31N5O6/c1-18-15(24)12-20-6-8-21(13-16(25)26)4-2-19(10-11-23)3-5-22(9-7-20)14-17(27)28/h11H,2-10,12-14H2,1H3,(H,18,24)(H,25,26)(H,27,28). The number of amides is 1. The van der Waals surface area contributed by atoms with Crippen molar-refractivity contribution >= 4 is 24.1 Å². The van der Waals surface area contributed by atoms with Crippen molar-refractivity contribution in [2.75, 3.05) is 85.6 Å². The van der Waals surface area contributed by atoms with Gasteiger partial charge in [-0.3, -0.25) is 34.0 Å². The molecule has 1 saturated heterocycles. The Bertz CT molecular complexity index is 500. The first kappa shape index (κ1) is 24.0. The summed E-state index contributed by atoms with van der Waals surface area (Å²) in [5, 5.41) is 20.8. The molecule has 0 aliphatic carbocycles. The molecule has 11 nitrogen and oxygen atoms in total. The third-order valence-electron chi connectivity index (χ3n) is 4.63. The van der Waals surface area contributed by atoms with Gasteiger partial charge >= 0.3 is 11.9 Å². The van der Waals surface area contributed by atoms with Gasteiger partial charge in [0.25, 0.3) is 0 Å². The first-order valence-corrected chi connectivity index (χ1v) is 9.31. The normalized spacial score (nSPS) is 19.3. The number of nitrogens with zero attached hydrogens (tertiary/aromatic N) is 4. The summed E-state index contributed by atoms with van der Waals surface area (Å²) < 4.78 is 0. The predicted molar refractivity (Wildman–Crippen MR) is 101 cm³/mol. The molecular weight excluding hydrogens is 370 g/mol. The fourth-order valence-electron chi connectivity index (χ4n) is 3.01. The van der Waals surface area contributed by atoms with E-state index < -0.39 is 11.9 Å². The minimum absolute atomic E-state index is 0.117. The molecule has 0 spiro atoms. The fraction of sp³-hybridized carbons (Fsp3) is 0.765. The van der Waals surface area contributed by atoms with Crippen LogP contribution in [0.15, 0.2) is 0 Å².